The number of aliphatic hydroxyl groups is 4. The van der Waals surface area contributed by atoms with Gasteiger partial charge in [-0.15, -0.1) is 0 Å². The van der Waals surface area contributed by atoms with Gasteiger partial charge < -0.3 is 30.9 Å². The maximum Gasteiger partial charge on any atom is 0.220 e. The maximum absolute atomic E-state index is 9.19. The van der Waals surface area contributed by atoms with Crippen LogP contribution in [-0.4, -0.2) is 51.1 Å². The molecule has 0 amide bonds. The van der Waals surface area contributed by atoms with Crippen LogP contribution in [0.1, 0.15) is 0 Å². The molecule has 3 atom stereocenters. The Hall–Kier alpha value is -0.240. The Labute approximate surface area is 69.2 Å². The van der Waals surface area contributed by atoms with Crippen LogP contribution in [0.2, 0.25) is 0 Å². The molecule has 0 aromatic heterocycles. The fourth-order valence-corrected chi connectivity index (χ4v) is 1.01. The maximum atomic E-state index is 9.19. The highest BCUT2D eigenvalue weighted by Crippen LogP contribution is 2.24. The van der Waals surface area contributed by atoms with E-state index in [9.17, 15) is 10.2 Å². The number of nitrogens with two attached hydrogens (primary N) is 1. The molecule has 71 valence electrons. The average Bonchev–Trinajstić information content (AvgIpc) is 2.01. The zero-order valence-electron chi connectivity index (χ0n) is 6.29. The molecule has 1 heterocycles. The fourth-order valence-electron chi connectivity index (χ4n) is 1.01. The second kappa shape index (κ2) is 3.25. The molecular formula is C6H12NO5. The van der Waals surface area contributed by atoms with E-state index in [2.05, 4.69) is 4.74 Å². The third-order valence-corrected chi connectivity index (χ3v) is 1.84. The van der Waals surface area contributed by atoms with E-state index in [1.807, 2.05) is 0 Å². The summed E-state index contributed by atoms with van der Waals surface area (Å²) in [4.78, 5) is 0. The predicted octanol–water partition coefficient (Wildman–Crippen LogP) is -3.09. The van der Waals surface area contributed by atoms with E-state index >= 15 is 0 Å². The highest BCUT2D eigenvalue weighted by Gasteiger charge is 2.49. The Balaban J connectivity index is 2.73. The topological polar surface area (TPSA) is 116 Å². The van der Waals surface area contributed by atoms with E-state index in [1.54, 1.807) is 0 Å². The van der Waals surface area contributed by atoms with Crippen molar-refractivity contribution in [1.82, 2.24) is 0 Å². The third kappa shape index (κ3) is 1.45. The molecule has 1 rings (SSSR count). The quantitative estimate of drug-likeness (QED) is 0.272. The van der Waals surface area contributed by atoms with Crippen molar-refractivity contribution >= 4 is 0 Å². The third-order valence-electron chi connectivity index (χ3n) is 1.84. The van der Waals surface area contributed by atoms with Crippen molar-refractivity contribution in [2.24, 2.45) is 5.73 Å². The molecule has 0 aromatic carbocycles. The Morgan fingerprint density at radius 2 is 2.08 bits per heavy atom. The summed E-state index contributed by atoms with van der Waals surface area (Å²) in [6, 6.07) is -0.970. The van der Waals surface area contributed by atoms with Crippen LogP contribution in [0.15, 0.2) is 0 Å². The van der Waals surface area contributed by atoms with Crippen LogP contribution in [0.5, 0.6) is 0 Å². The summed E-state index contributed by atoms with van der Waals surface area (Å²) in [5.41, 5.74) is 5.24. The molecule has 0 unspecified atom stereocenters. The van der Waals surface area contributed by atoms with E-state index in [0.717, 1.165) is 6.61 Å². The van der Waals surface area contributed by atoms with Gasteiger partial charge in [-0.3, -0.25) is 0 Å². The first-order valence-corrected chi connectivity index (χ1v) is 3.48. The standard InChI is InChI=1S/C6H12NO5/c7-3-2-12-4(1-8)6(10,11)5(3)9/h2-5,8-11H,1,7H2/t3-,4+,5+/m0/s1. The van der Waals surface area contributed by atoms with Crippen LogP contribution in [0.3, 0.4) is 0 Å². The molecule has 1 aliphatic rings. The van der Waals surface area contributed by atoms with Crippen molar-refractivity contribution in [3.63, 3.8) is 0 Å². The molecule has 1 saturated heterocycles. The van der Waals surface area contributed by atoms with Crippen molar-refractivity contribution in [2.75, 3.05) is 6.61 Å². The Morgan fingerprint density at radius 3 is 2.58 bits per heavy atom. The van der Waals surface area contributed by atoms with Gasteiger partial charge >= 0.3 is 0 Å². The monoisotopic (exact) mass is 178 g/mol. The molecule has 6 heteroatoms. The molecule has 0 saturated carbocycles. The molecular weight excluding hydrogens is 166 g/mol. The molecule has 1 radical (unpaired) electrons. The van der Waals surface area contributed by atoms with Gasteiger partial charge in [0.1, 0.15) is 18.8 Å². The van der Waals surface area contributed by atoms with Crippen LogP contribution in [0, 0.1) is 6.61 Å². The largest absolute Gasteiger partial charge is 0.393 e. The lowest BCUT2D eigenvalue weighted by molar-refractivity contribution is -0.306. The Kier molecular flexibility index (Phi) is 2.67. The molecule has 0 aliphatic carbocycles. The minimum absolute atomic E-state index is 0.604. The fraction of sp³-hybridized carbons (Fsp3) is 0.833. The first-order valence-electron chi connectivity index (χ1n) is 3.48. The zero-order chi connectivity index (χ0) is 9.35. The van der Waals surface area contributed by atoms with Crippen LogP contribution in [0.4, 0.5) is 0 Å². The van der Waals surface area contributed by atoms with Gasteiger partial charge in [0.15, 0.2) is 0 Å². The second-order valence-corrected chi connectivity index (χ2v) is 2.75. The average molecular weight is 178 g/mol. The Morgan fingerprint density at radius 1 is 1.50 bits per heavy atom. The summed E-state index contributed by atoms with van der Waals surface area (Å²) in [5, 5.41) is 36.2. The molecule has 0 aromatic rings. The minimum Gasteiger partial charge on any atom is -0.393 e. The Bertz CT molecular complexity index is 158. The highest BCUT2D eigenvalue weighted by atomic mass is 16.6. The molecule has 0 spiro atoms. The normalized spacial score (nSPS) is 41.2. The lowest BCUT2D eigenvalue weighted by atomic mass is 9.95. The van der Waals surface area contributed by atoms with Crippen molar-refractivity contribution in [3.05, 3.63) is 6.61 Å². The summed E-state index contributed by atoms with van der Waals surface area (Å²) in [7, 11) is 0. The van der Waals surface area contributed by atoms with E-state index in [4.69, 9.17) is 15.9 Å². The molecule has 1 fully saturated rings. The van der Waals surface area contributed by atoms with Crippen LogP contribution >= 0.6 is 0 Å². The molecule has 6 N–H and O–H groups in total. The number of hydrogen-bond acceptors (Lipinski definition) is 6. The molecule has 12 heavy (non-hydrogen) atoms. The van der Waals surface area contributed by atoms with E-state index < -0.39 is 30.6 Å². The molecule has 6 nitrogen and oxygen atoms in total. The van der Waals surface area contributed by atoms with Crippen LogP contribution in [0.25, 0.3) is 0 Å². The summed E-state index contributed by atoms with van der Waals surface area (Å²) in [5.74, 6) is -2.50. The van der Waals surface area contributed by atoms with E-state index in [0.29, 0.717) is 0 Å². The van der Waals surface area contributed by atoms with Gasteiger partial charge in [-0.2, -0.15) is 0 Å². The number of ether oxygens (including phenoxy) is 1. The van der Waals surface area contributed by atoms with E-state index in [-0.39, 0.29) is 0 Å². The highest BCUT2D eigenvalue weighted by molar-refractivity contribution is 4.98. The molecule has 0 bridgehead atoms. The summed E-state index contributed by atoms with van der Waals surface area (Å²) < 4.78 is 4.67. The van der Waals surface area contributed by atoms with Crippen LogP contribution < -0.4 is 5.73 Å². The van der Waals surface area contributed by atoms with Gasteiger partial charge in [0.2, 0.25) is 5.79 Å². The van der Waals surface area contributed by atoms with Crippen molar-refractivity contribution in [3.8, 4) is 0 Å². The van der Waals surface area contributed by atoms with Crippen LogP contribution in [-0.2, 0) is 4.74 Å². The number of rotatable bonds is 1. The van der Waals surface area contributed by atoms with E-state index in [1.165, 1.54) is 0 Å². The van der Waals surface area contributed by atoms with Gasteiger partial charge in [-0.05, 0) is 0 Å². The summed E-state index contributed by atoms with van der Waals surface area (Å²) in [6.45, 7) is 0.462. The number of hydrogen-bond donors (Lipinski definition) is 5. The first-order chi connectivity index (χ1) is 5.50. The van der Waals surface area contributed by atoms with Gasteiger partial charge in [-0.1, -0.05) is 0 Å². The zero-order valence-corrected chi connectivity index (χ0v) is 6.29. The smallest absolute Gasteiger partial charge is 0.220 e. The second-order valence-electron chi connectivity index (χ2n) is 2.75. The SMILES string of the molecule is N[C@H]1[CH]O[C@H](CO)C(O)(O)[C@@H]1O. The summed E-state index contributed by atoms with van der Waals surface area (Å²) in [6.07, 6.45) is -2.81. The van der Waals surface area contributed by atoms with Gasteiger partial charge in [-0.25, -0.2) is 0 Å². The van der Waals surface area contributed by atoms with Gasteiger partial charge in [0.25, 0.3) is 0 Å². The lowest BCUT2D eigenvalue weighted by Gasteiger charge is -2.40. The minimum atomic E-state index is -2.50. The summed E-state index contributed by atoms with van der Waals surface area (Å²) >= 11 is 0. The number of aliphatic hydroxyl groups excluding tert-OH is 2. The predicted molar refractivity (Wildman–Crippen MR) is 37.4 cm³/mol. The first kappa shape index (κ1) is 9.85. The van der Waals surface area contributed by atoms with Gasteiger partial charge in [0.05, 0.1) is 12.6 Å². The van der Waals surface area contributed by atoms with Crippen molar-refractivity contribution in [2.45, 2.75) is 24.0 Å². The molecule has 1 aliphatic heterocycles. The van der Waals surface area contributed by atoms with Crippen molar-refractivity contribution < 1.29 is 25.2 Å². The van der Waals surface area contributed by atoms with Gasteiger partial charge in [0, 0.05) is 0 Å². The lowest BCUT2D eigenvalue weighted by Crippen LogP contribution is -2.64. The van der Waals surface area contributed by atoms with Crippen molar-refractivity contribution in [1.29, 1.82) is 0 Å².